The third kappa shape index (κ3) is 7.72. The Morgan fingerprint density at radius 1 is 0.875 bits per heavy atom. The maximum atomic E-state index is 14.1. The highest BCUT2D eigenvalue weighted by atomic mass is 32.2. The Morgan fingerprint density at radius 3 is 2.10 bits per heavy atom. The Balaban J connectivity index is 2.02. The van der Waals surface area contributed by atoms with E-state index in [1.54, 1.807) is 35.2 Å². The number of carbonyl (C=O) groups excluding carboxylic acids is 2. The van der Waals surface area contributed by atoms with Crippen LogP contribution in [0.4, 0.5) is 5.69 Å². The Hall–Kier alpha value is -3.65. The molecule has 0 aromatic heterocycles. The van der Waals surface area contributed by atoms with Gasteiger partial charge in [-0.1, -0.05) is 81.4 Å². The molecule has 0 spiro atoms. The SMILES string of the molecule is CC[C@H](C(=O)NCC(C)C)N(CCc1ccccc1)C(=O)CN(c1cccc(C)c1C)S(=O)(=O)c1ccccc1. The van der Waals surface area contributed by atoms with Crippen molar-refractivity contribution in [1.29, 1.82) is 0 Å². The molecular formula is C32H41N3O4S. The van der Waals surface area contributed by atoms with E-state index in [1.807, 2.05) is 71.0 Å². The summed E-state index contributed by atoms with van der Waals surface area (Å²) in [5, 5.41) is 2.96. The van der Waals surface area contributed by atoms with Crippen LogP contribution >= 0.6 is 0 Å². The Bertz CT molecular complexity index is 1380. The summed E-state index contributed by atoms with van der Waals surface area (Å²) in [6.07, 6.45) is 0.939. The second kappa shape index (κ2) is 14.1. The zero-order valence-corrected chi connectivity index (χ0v) is 24.9. The summed E-state index contributed by atoms with van der Waals surface area (Å²) in [4.78, 5) is 29.0. The molecule has 3 aromatic rings. The van der Waals surface area contributed by atoms with E-state index in [4.69, 9.17) is 0 Å². The Morgan fingerprint density at radius 2 is 1.50 bits per heavy atom. The van der Waals surface area contributed by atoms with E-state index in [2.05, 4.69) is 5.32 Å². The average Bonchev–Trinajstić information content (AvgIpc) is 2.95. The van der Waals surface area contributed by atoms with Crippen molar-refractivity contribution >= 4 is 27.5 Å². The molecule has 7 nitrogen and oxygen atoms in total. The minimum atomic E-state index is -4.08. The van der Waals surface area contributed by atoms with Crippen LogP contribution in [0.25, 0.3) is 0 Å². The number of carbonyl (C=O) groups is 2. The largest absolute Gasteiger partial charge is 0.354 e. The van der Waals surface area contributed by atoms with Gasteiger partial charge in [0.2, 0.25) is 11.8 Å². The predicted octanol–water partition coefficient (Wildman–Crippen LogP) is 5.12. The summed E-state index contributed by atoms with van der Waals surface area (Å²) in [7, 11) is -4.08. The maximum Gasteiger partial charge on any atom is 0.264 e. The van der Waals surface area contributed by atoms with E-state index < -0.39 is 28.5 Å². The lowest BCUT2D eigenvalue weighted by Gasteiger charge is -2.33. The average molecular weight is 564 g/mol. The third-order valence-corrected chi connectivity index (χ3v) is 8.78. The summed E-state index contributed by atoms with van der Waals surface area (Å²) in [5.41, 5.74) is 3.16. The van der Waals surface area contributed by atoms with Crippen LogP contribution in [0.2, 0.25) is 0 Å². The molecule has 0 fully saturated rings. The number of anilines is 1. The molecule has 0 heterocycles. The first-order chi connectivity index (χ1) is 19.1. The summed E-state index contributed by atoms with van der Waals surface area (Å²) in [6.45, 7) is 9.99. The topological polar surface area (TPSA) is 86.8 Å². The number of benzene rings is 3. The van der Waals surface area contributed by atoms with Crippen molar-refractivity contribution in [3.8, 4) is 0 Å². The summed E-state index contributed by atoms with van der Waals surface area (Å²) < 4.78 is 29.1. The molecule has 0 radical (unpaired) electrons. The molecule has 0 aliphatic carbocycles. The molecule has 0 aliphatic rings. The lowest BCUT2D eigenvalue weighted by molar-refractivity contribution is -0.139. The Labute approximate surface area is 239 Å². The van der Waals surface area contributed by atoms with Gasteiger partial charge in [0, 0.05) is 13.1 Å². The summed E-state index contributed by atoms with van der Waals surface area (Å²) in [5.74, 6) is -0.407. The van der Waals surface area contributed by atoms with E-state index in [0.29, 0.717) is 25.1 Å². The van der Waals surface area contributed by atoms with Gasteiger partial charge in [-0.05, 0) is 67.5 Å². The number of rotatable bonds is 13. The molecule has 3 rings (SSSR count). The number of hydrogen-bond donors (Lipinski definition) is 1. The standard InChI is InChI=1S/C32H41N3O4S/c1-6-29(32(37)33-22-24(2)3)34(21-20-27-15-9-7-10-16-27)31(36)23-35(30-19-13-14-25(4)26(30)5)40(38,39)28-17-11-8-12-18-28/h7-19,24,29H,6,20-23H2,1-5H3,(H,33,37)/t29-/m1/s1. The lowest BCUT2D eigenvalue weighted by atomic mass is 10.1. The van der Waals surface area contributed by atoms with Gasteiger partial charge in [0.25, 0.3) is 10.0 Å². The number of aryl methyl sites for hydroxylation is 1. The van der Waals surface area contributed by atoms with Crippen LogP contribution < -0.4 is 9.62 Å². The van der Waals surface area contributed by atoms with Gasteiger partial charge in [-0.25, -0.2) is 8.42 Å². The van der Waals surface area contributed by atoms with Crippen LogP contribution in [0, 0.1) is 19.8 Å². The zero-order chi connectivity index (χ0) is 29.3. The van der Waals surface area contributed by atoms with E-state index >= 15 is 0 Å². The van der Waals surface area contributed by atoms with Crippen molar-refractivity contribution in [3.63, 3.8) is 0 Å². The summed E-state index contributed by atoms with van der Waals surface area (Å²) in [6, 6.07) is 22.6. The number of sulfonamides is 1. The third-order valence-electron chi connectivity index (χ3n) is 7.01. The molecule has 214 valence electrons. The van der Waals surface area contributed by atoms with Crippen LogP contribution in [0.5, 0.6) is 0 Å². The van der Waals surface area contributed by atoms with E-state index in [-0.39, 0.29) is 23.3 Å². The molecule has 8 heteroatoms. The number of hydrogen-bond acceptors (Lipinski definition) is 4. The second-order valence-corrected chi connectivity index (χ2v) is 12.3. The van der Waals surface area contributed by atoms with E-state index in [0.717, 1.165) is 16.7 Å². The minimum absolute atomic E-state index is 0.0984. The molecule has 0 bridgehead atoms. The van der Waals surface area contributed by atoms with Gasteiger partial charge >= 0.3 is 0 Å². The van der Waals surface area contributed by atoms with Gasteiger partial charge in [-0.15, -0.1) is 0 Å². The van der Waals surface area contributed by atoms with Gasteiger partial charge in [0.15, 0.2) is 0 Å². The molecule has 1 atom stereocenters. The number of nitrogens with zero attached hydrogens (tertiary/aromatic N) is 2. The van der Waals surface area contributed by atoms with Gasteiger partial charge in [-0.2, -0.15) is 0 Å². The first-order valence-electron chi connectivity index (χ1n) is 13.8. The quantitative estimate of drug-likeness (QED) is 0.313. The molecule has 40 heavy (non-hydrogen) atoms. The molecular weight excluding hydrogens is 522 g/mol. The van der Waals surface area contributed by atoms with Crippen LogP contribution in [-0.2, 0) is 26.0 Å². The highest BCUT2D eigenvalue weighted by molar-refractivity contribution is 7.92. The van der Waals surface area contributed by atoms with E-state index in [9.17, 15) is 18.0 Å². The predicted molar refractivity (Wildman–Crippen MR) is 161 cm³/mol. The highest BCUT2D eigenvalue weighted by Crippen LogP contribution is 2.29. The molecule has 0 unspecified atom stereocenters. The molecule has 3 aromatic carbocycles. The minimum Gasteiger partial charge on any atom is -0.354 e. The van der Waals surface area contributed by atoms with Crippen molar-refractivity contribution in [2.45, 2.75) is 58.4 Å². The van der Waals surface area contributed by atoms with Gasteiger partial charge in [0.1, 0.15) is 12.6 Å². The smallest absolute Gasteiger partial charge is 0.264 e. The fourth-order valence-corrected chi connectivity index (χ4v) is 6.05. The normalized spacial score (nSPS) is 12.2. The number of amides is 2. The van der Waals surface area contributed by atoms with Crippen molar-refractivity contribution in [1.82, 2.24) is 10.2 Å². The monoisotopic (exact) mass is 563 g/mol. The fourth-order valence-electron chi connectivity index (χ4n) is 4.56. The van der Waals surface area contributed by atoms with Crippen LogP contribution in [-0.4, -0.2) is 50.8 Å². The zero-order valence-electron chi connectivity index (χ0n) is 24.1. The van der Waals surface area contributed by atoms with Crippen molar-refractivity contribution in [2.24, 2.45) is 5.92 Å². The molecule has 1 N–H and O–H groups in total. The Kier molecular flexibility index (Phi) is 10.9. The molecule has 0 saturated carbocycles. The molecule has 0 saturated heterocycles. The van der Waals surface area contributed by atoms with Gasteiger partial charge in [0.05, 0.1) is 10.6 Å². The van der Waals surface area contributed by atoms with Gasteiger partial charge in [-0.3, -0.25) is 13.9 Å². The van der Waals surface area contributed by atoms with Crippen molar-refractivity contribution < 1.29 is 18.0 Å². The fraction of sp³-hybridized carbons (Fsp3) is 0.375. The first kappa shape index (κ1) is 30.9. The van der Waals surface area contributed by atoms with Crippen LogP contribution in [0.15, 0.2) is 83.8 Å². The molecule has 0 aliphatic heterocycles. The van der Waals surface area contributed by atoms with Crippen LogP contribution in [0.1, 0.15) is 43.9 Å². The maximum absolute atomic E-state index is 14.1. The second-order valence-electron chi connectivity index (χ2n) is 10.4. The van der Waals surface area contributed by atoms with Crippen LogP contribution in [0.3, 0.4) is 0 Å². The van der Waals surface area contributed by atoms with E-state index in [1.165, 1.54) is 16.4 Å². The van der Waals surface area contributed by atoms with Crippen molar-refractivity contribution in [3.05, 3.63) is 95.6 Å². The number of nitrogens with one attached hydrogen (secondary N) is 1. The summed E-state index contributed by atoms with van der Waals surface area (Å²) >= 11 is 0. The highest BCUT2D eigenvalue weighted by Gasteiger charge is 2.34. The lowest BCUT2D eigenvalue weighted by Crippen LogP contribution is -2.53. The van der Waals surface area contributed by atoms with Gasteiger partial charge < -0.3 is 10.2 Å². The molecule has 2 amide bonds. The first-order valence-corrected chi connectivity index (χ1v) is 15.2. The van der Waals surface area contributed by atoms with Crippen molar-refractivity contribution in [2.75, 3.05) is 23.9 Å².